The van der Waals surface area contributed by atoms with E-state index in [-0.39, 0.29) is 5.97 Å². The van der Waals surface area contributed by atoms with Crippen molar-refractivity contribution < 1.29 is 13.9 Å². The highest BCUT2D eigenvalue weighted by atomic mass is 32.1. The van der Waals surface area contributed by atoms with Gasteiger partial charge in [-0.2, -0.15) is 0 Å². The number of fused-ring (bicyclic) bond motifs is 1. The fourth-order valence-corrected chi connectivity index (χ4v) is 1.99. The third-order valence-electron chi connectivity index (χ3n) is 1.72. The molecule has 0 spiro atoms. The SMILES string of the molecule is CCOC(=O)c1csc2cocc12. The van der Waals surface area contributed by atoms with Gasteiger partial charge in [0.15, 0.2) is 0 Å². The summed E-state index contributed by atoms with van der Waals surface area (Å²) in [6.45, 7) is 2.19. The van der Waals surface area contributed by atoms with Gasteiger partial charge in [0.2, 0.25) is 0 Å². The molecule has 13 heavy (non-hydrogen) atoms. The molecule has 0 aliphatic heterocycles. The fraction of sp³-hybridized carbons (Fsp3) is 0.222. The molecule has 0 fully saturated rings. The molecule has 0 amide bonds. The third-order valence-corrected chi connectivity index (χ3v) is 2.64. The minimum atomic E-state index is -0.282. The Morgan fingerprint density at radius 3 is 3.23 bits per heavy atom. The first kappa shape index (κ1) is 8.31. The predicted octanol–water partition coefficient (Wildman–Crippen LogP) is 2.67. The van der Waals surface area contributed by atoms with Crippen LogP contribution in [0.15, 0.2) is 22.3 Å². The smallest absolute Gasteiger partial charge is 0.339 e. The first-order valence-electron chi connectivity index (χ1n) is 3.93. The molecule has 0 aliphatic rings. The van der Waals surface area contributed by atoms with Crippen LogP contribution in [0.2, 0.25) is 0 Å². The van der Waals surface area contributed by atoms with E-state index < -0.39 is 0 Å². The molecule has 2 aromatic rings. The van der Waals surface area contributed by atoms with E-state index >= 15 is 0 Å². The molecule has 0 aliphatic carbocycles. The first-order valence-corrected chi connectivity index (χ1v) is 4.81. The van der Waals surface area contributed by atoms with Crippen LogP contribution in [0, 0.1) is 0 Å². The van der Waals surface area contributed by atoms with Crippen molar-refractivity contribution >= 4 is 27.4 Å². The number of furan rings is 1. The molecular weight excluding hydrogens is 188 g/mol. The van der Waals surface area contributed by atoms with E-state index in [1.165, 1.54) is 11.3 Å². The van der Waals surface area contributed by atoms with Gasteiger partial charge in [0.25, 0.3) is 0 Å². The number of carbonyl (C=O) groups excluding carboxylic acids is 1. The zero-order chi connectivity index (χ0) is 9.26. The summed E-state index contributed by atoms with van der Waals surface area (Å²) in [6.07, 6.45) is 3.20. The Morgan fingerprint density at radius 1 is 1.62 bits per heavy atom. The van der Waals surface area contributed by atoms with Crippen molar-refractivity contribution in [2.75, 3.05) is 6.61 Å². The molecule has 3 nitrogen and oxygen atoms in total. The first-order chi connectivity index (χ1) is 6.33. The number of ether oxygens (including phenoxy) is 1. The quantitative estimate of drug-likeness (QED) is 0.693. The third kappa shape index (κ3) is 1.33. The number of hydrogen-bond donors (Lipinski definition) is 0. The minimum Gasteiger partial charge on any atom is -0.470 e. The lowest BCUT2D eigenvalue weighted by atomic mass is 10.2. The highest BCUT2D eigenvalue weighted by molar-refractivity contribution is 7.17. The van der Waals surface area contributed by atoms with Gasteiger partial charge in [-0.25, -0.2) is 4.79 Å². The summed E-state index contributed by atoms with van der Waals surface area (Å²) in [5, 5.41) is 2.63. The summed E-state index contributed by atoms with van der Waals surface area (Å²) < 4.78 is 10.8. The Hall–Kier alpha value is -1.29. The summed E-state index contributed by atoms with van der Waals surface area (Å²) in [5.41, 5.74) is 0.593. The Labute approximate surface area is 78.9 Å². The van der Waals surface area contributed by atoms with Gasteiger partial charge in [-0.15, -0.1) is 11.3 Å². The van der Waals surface area contributed by atoms with Crippen LogP contribution in [-0.4, -0.2) is 12.6 Å². The molecule has 2 heterocycles. The molecule has 0 saturated carbocycles. The maximum atomic E-state index is 11.4. The average molecular weight is 196 g/mol. The van der Waals surface area contributed by atoms with Crippen LogP contribution in [-0.2, 0) is 4.74 Å². The van der Waals surface area contributed by atoms with Crippen molar-refractivity contribution in [3.8, 4) is 0 Å². The van der Waals surface area contributed by atoms with Gasteiger partial charge in [0.05, 0.1) is 23.1 Å². The minimum absolute atomic E-state index is 0.282. The zero-order valence-electron chi connectivity index (χ0n) is 7.07. The Balaban J connectivity index is 2.42. The standard InChI is InChI=1S/C9H8O3S/c1-2-12-9(10)7-5-13-8-4-11-3-6(7)8/h3-5H,2H2,1H3. The second kappa shape index (κ2) is 3.22. The van der Waals surface area contributed by atoms with Gasteiger partial charge in [0.1, 0.15) is 6.26 Å². The number of thiophene rings is 1. The lowest BCUT2D eigenvalue weighted by Gasteiger charge is -1.97. The lowest BCUT2D eigenvalue weighted by Crippen LogP contribution is -2.02. The maximum Gasteiger partial charge on any atom is 0.339 e. The lowest BCUT2D eigenvalue weighted by molar-refractivity contribution is 0.0529. The maximum absolute atomic E-state index is 11.4. The van der Waals surface area contributed by atoms with Crippen molar-refractivity contribution in [3.63, 3.8) is 0 Å². The van der Waals surface area contributed by atoms with Crippen molar-refractivity contribution in [3.05, 3.63) is 23.5 Å². The molecule has 0 atom stereocenters. The summed E-state index contributed by atoms with van der Waals surface area (Å²) in [7, 11) is 0. The van der Waals surface area contributed by atoms with Crippen LogP contribution in [0.4, 0.5) is 0 Å². The Bertz CT molecular complexity index is 427. The van der Waals surface area contributed by atoms with Crippen LogP contribution in [0.3, 0.4) is 0 Å². The number of rotatable bonds is 2. The van der Waals surface area contributed by atoms with Crippen LogP contribution < -0.4 is 0 Å². The van der Waals surface area contributed by atoms with Gasteiger partial charge >= 0.3 is 5.97 Å². The summed E-state index contributed by atoms with van der Waals surface area (Å²) in [4.78, 5) is 11.4. The normalized spacial score (nSPS) is 10.5. The van der Waals surface area contributed by atoms with Gasteiger partial charge in [-0.05, 0) is 6.92 Å². The van der Waals surface area contributed by atoms with Gasteiger partial charge < -0.3 is 9.15 Å². The van der Waals surface area contributed by atoms with E-state index in [0.29, 0.717) is 12.2 Å². The van der Waals surface area contributed by atoms with Gasteiger partial charge in [-0.3, -0.25) is 0 Å². The molecule has 68 valence electrons. The topological polar surface area (TPSA) is 39.4 Å². The van der Waals surface area contributed by atoms with E-state index in [4.69, 9.17) is 9.15 Å². The average Bonchev–Trinajstić information content (AvgIpc) is 2.62. The van der Waals surface area contributed by atoms with Gasteiger partial charge in [0, 0.05) is 10.8 Å². The Morgan fingerprint density at radius 2 is 2.46 bits per heavy atom. The second-order valence-corrected chi connectivity index (χ2v) is 3.43. The molecular formula is C9H8O3S. The molecule has 0 unspecified atom stereocenters. The van der Waals surface area contributed by atoms with E-state index in [9.17, 15) is 4.79 Å². The van der Waals surface area contributed by atoms with Crippen molar-refractivity contribution in [2.24, 2.45) is 0 Å². The predicted molar refractivity (Wildman–Crippen MR) is 50.0 cm³/mol. The molecule has 0 saturated heterocycles. The van der Waals surface area contributed by atoms with Crippen molar-refractivity contribution in [1.82, 2.24) is 0 Å². The highest BCUT2D eigenvalue weighted by Crippen LogP contribution is 2.27. The molecule has 0 bridgehead atoms. The van der Waals surface area contributed by atoms with E-state index in [1.54, 1.807) is 24.8 Å². The van der Waals surface area contributed by atoms with Crippen LogP contribution in [0.25, 0.3) is 10.1 Å². The fourth-order valence-electron chi connectivity index (χ4n) is 1.13. The number of carbonyl (C=O) groups is 1. The van der Waals surface area contributed by atoms with Crippen molar-refractivity contribution in [1.29, 1.82) is 0 Å². The van der Waals surface area contributed by atoms with Crippen LogP contribution >= 0.6 is 11.3 Å². The molecule has 2 rings (SSSR count). The summed E-state index contributed by atoms with van der Waals surface area (Å²) in [5.74, 6) is -0.282. The highest BCUT2D eigenvalue weighted by Gasteiger charge is 2.13. The van der Waals surface area contributed by atoms with Gasteiger partial charge in [-0.1, -0.05) is 0 Å². The second-order valence-electron chi connectivity index (χ2n) is 2.52. The van der Waals surface area contributed by atoms with E-state index in [0.717, 1.165) is 10.1 Å². The Kier molecular flexibility index (Phi) is 2.06. The molecule has 0 radical (unpaired) electrons. The monoisotopic (exact) mass is 196 g/mol. The zero-order valence-corrected chi connectivity index (χ0v) is 7.89. The molecule has 4 heteroatoms. The molecule has 2 aromatic heterocycles. The molecule has 0 N–H and O–H groups in total. The van der Waals surface area contributed by atoms with E-state index in [1.807, 2.05) is 0 Å². The summed E-state index contributed by atoms with van der Waals surface area (Å²) >= 11 is 1.48. The largest absolute Gasteiger partial charge is 0.470 e. The van der Waals surface area contributed by atoms with Crippen molar-refractivity contribution in [2.45, 2.75) is 6.92 Å². The number of esters is 1. The van der Waals surface area contributed by atoms with E-state index in [2.05, 4.69) is 0 Å². The summed E-state index contributed by atoms with van der Waals surface area (Å²) in [6, 6.07) is 0. The van der Waals surface area contributed by atoms with Crippen LogP contribution in [0.5, 0.6) is 0 Å². The molecule has 0 aromatic carbocycles. The van der Waals surface area contributed by atoms with Crippen LogP contribution in [0.1, 0.15) is 17.3 Å². The number of hydrogen-bond acceptors (Lipinski definition) is 4.